The van der Waals surface area contributed by atoms with Crippen LogP contribution in [0.5, 0.6) is 5.75 Å². The molecule has 0 unspecified atom stereocenters. The van der Waals surface area contributed by atoms with Gasteiger partial charge in [-0.1, -0.05) is 12.1 Å². The van der Waals surface area contributed by atoms with E-state index in [1.807, 2.05) is 24.3 Å². The fourth-order valence-corrected chi connectivity index (χ4v) is 3.73. The molecule has 21 heavy (non-hydrogen) atoms. The maximum atomic E-state index is 10.0. The molecular weight excluding hydrogens is 260 g/mol. The number of aliphatic imine (C=N–C) groups is 1. The van der Waals surface area contributed by atoms with Crippen LogP contribution in [-0.4, -0.2) is 16.9 Å². The smallest absolute Gasteiger partial charge is 0.123 e. The highest BCUT2D eigenvalue weighted by atomic mass is 16.3. The van der Waals surface area contributed by atoms with Crippen molar-refractivity contribution in [1.82, 2.24) is 0 Å². The first kappa shape index (κ1) is 12.8. The molecule has 1 fully saturated rings. The fourth-order valence-electron chi connectivity index (χ4n) is 3.73. The van der Waals surface area contributed by atoms with E-state index in [0.717, 1.165) is 35.7 Å². The Morgan fingerprint density at radius 2 is 1.90 bits per heavy atom. The molecule has 0 radical (unpaired) electrons. The molecule has 1 saturated carbocycles. The number of phenols is 1. The highest BCUT2D eigenvalue weighted by Gasteiger charge is 2.25. The molecule has 0 bridgehead atoms. The second-order valence-electron chi connectivity index (χ2n) is 6.38. The van der Waals surface area contributed by atoms with Crippen molar-refractivity contribution in [2.75, 3.05) is 0 Å². The van der Waals surface area contributed by atoms with Crippen LogP contribution in [0, 0.1) is 5.92 Å². The third kappa shape index (κ3) is 2.12. The van der Waals surface area contributed by atoms with Crippen molar-refractivity contribution in [3.05, 3.63) is 35.9 Å². The van der Waals surface area contributed by atoms with Crippen LogP contribution in [0.4, 0.5) is 5.69 Å². The van der Waals surface area contributed by atoms with Gasteiger partial charge in [0.2, 0.25) is 0 Å². The predicted octanol–water partition coefficient (Wildman–Crippen LogP) is 3.89. The van der Waals surface area contributed by atoms with Gasteiger partial charge >= 0.3 is 0 Å². The van der Waals surface area contributed by atoms with E-state index < -0.39 is 0 Å². The zero-order valence-corrected chi connectivity index (χ0v) is 12.0. The lowest BCUT2D eigenvalue weighted by Crippen LogP contribution is -2.27. The Morgan fingerprint density at radius 3 is 2.71 bits per heavy atom. The number of aromatic hydroxyl groups is 1. The predicted molar refractivity (Wildman–Crippen MR) is 86.4 cm³/mol. The topological polar surface area (TPSA) is 58.6 Å². The average Bonchev–Trinajstić information content (AvgIpc) is 2.84. The van der Waals surface area contributed by atoms with Crippen molar-refractivity contribution in [2.45, 2.75) is 38.1 Å². The molecule has 0 atom stereocenters. The van der Waals surface area contributed by atoms with Crippen LogP contribution in [0.2, 0.25) is 0 Å². The van der Waals surface area contributed by atoms with Crippen LogP contribution in [0.1, 0.15) is 37.7 Å². The normalized spacial score (nSPS) is 24.3. The molecule has 2 aromatic rings. The van der Waals surface area contributed by atoms with Crippen molar-refractivity contribution in [3.8, 4) is 5.75 Å². The minimum absolute atomic E-state index is 0.343. The number of phenolic OH excluding ortho intramolecular Hbond substituents is 1. The van der Waals surface area contributed by atoms with Gasteiger partial charge in [0.05, 0.1) is 5.69 Å². The van der Waals surface area contributed by atoms with E-state index in [0.29, 0.717) is 17.7 Å². The van der Waals surface area contributed by atoms with Crippen LogP contribution < -0.4 is 5.73 Å². The van der Waals surface area contributed by atoms with Crippen LogP contribution >= 0.6 is 0 Å². The Bertz CT molecular complexity index is 727. The van der Waals surface area contributed by atoms with Crippen molar-refractivity contribution in [2.24, 2.45) is 16.6 Å². The van der Waals surface area contributed by atoms with Crippen molar-refractivity contribution in [1.29, 1.82) is 0 Å². The quantitative estimate of drug-likeness (QED) is 0.876. The number of rotatable bonds is 2. The van der Waals surface area contributed by atoms with E-state index in [9.17, 15) is 5.11 Å². The minimum Gasteiger partial charge on any atom is -0.507 e. The Kier molecular flexibility index (Phi) is 2.96. The molecule has 3 heteroatoms. The van der Waals surface area contributed by atoms with Crippen LogP contribution in [0.15, 0.2) is 35.3 Å². The third-order valence-corrected chi connectivity index (χ3v) is 4.94. The van der Waals surface area contributed by atoms with E-state index in [1.165, 1.54) is 24.1 Å². The standard InChI is InChI=1S/C18H20N2O/c19-12-6-4-11(5-7-12)10-16-13-8-9-17(21)14-2-1-3-15(20-16)18(13)14/h1-3,8-9,11-12,21H,4-7,10,19H2. The van der Waals surface area contributed by atoms with E-state index in [1.54, 1.807) is 6.07 Å². The Morgan fingerprint density at radius 1 is 1.10 bits per heavy atom. The molecule has 3 nitrogen and oxygen atoms in total. The van der Waals surface area contributed by atoms with Gasteiger partial charge in [0.1, 0.15) is 5.75 Å². The van der Waals surface area contributed by atoms with Gasteiger partial charge < -0.3 is 10.8 Å². The number of nitrogens with two attached hydrogens (primary N) is 1. The maximum absolute atomic E-state index is 10.0. The first-order valence-corrected chi connectivity index (χ1v) is 7.80. The fraction of sp³-hybridized carbons (Fsp3) is 0.389. The average molecular weight is 280 g/mol. The molecule has 0 spiro atoms. The second kappa shape index (κ2) is 4.85. The largest absolute Gasteiger partial charge is 0.507 e. The SMILES string of the molecule is NC1CCC(CC2=Nc3cccc4c(O)ccc2c34)CC1. The van der Waals surface area contributed by atoms with Gasteiger partial charge in [-0.15, -0.1) is 0 Å². The summed E-state index contributed by atoms with van der Waals surface area (Å²) in [5.74, 6) is 1.04. The summed E-state index contributed by atoms with van der Waals surface area (Å²) in [6.45, 7) is 0. The molecule has 0 amide bonds. The Hall–Kier alpha value is -1.87. The van der Waals surface area contributed by atoms with E-state index >= 15 is 0 Å². The molecule has 4 rings (SSSR count). The first-order chi connectivity index (χ1) is 10.2. The zero-order valence-electron chi connectivity index (χ0n) is 12.0. The number of hydrogen-bond acceptors (Lipinski definition) is 3. The summed E-state index contributed by atoms with van der Waals surface area (Å²) in [7, 11) is 0. The van der Waals surface area contributed by atoms with E-state index in [2.05, 4.69) is 0 Å². The Labute approximate surface area is 124 Å². The third-order valence-electron chi connectivity index (χ3n) is 4.94. The molecule has 108 valence electrons. The van der Waals surface area contributed by atoms with Crippen LogP contribution in [0.25, 0.3) is 10.8 Å². The molecular formula is C18H20N2O. The molecule has 3 N–H and O–H groups in total. The van der Waals surface area contributed by atoms with Gasteiger partial charge in [-0.2, -0.15) is 0 Å². The van der Waals surface area contributed by atoms with Gasteiger partial charge in [0.25, 0.3) is 0 Å². The van der Waals surface area contributed by atoms with Gasteiger partial charge in [-0.25, -0.2) is 0 Å². The second-order valence-corrected chi connectivity index (χ2v) is 6.38. The highest BCUT2D eigenvalue weighted by molar-refractivity contribution is 6.20. The lowest BCUT2D eigenvalue weighted by atomic mass is 9.82. The summed E-state index contributed by atoms with van der Waals surface area (Å²) < 4.78 is 0. The van der Waals surface area contributed by atoms with Gasteiger partial charge in [-0.05, 0) is 56.2 Å². The molecule has 2 aliphatic rings. The number of benzene rings is 2. The summed E-state index contributed by atoms with van der Waals surface area (Å²) in [5, 5.41) is 12.0. The van der Waals surface area contributed by atoms with E-state index in [4.69, 9.17) is 10.7 Å². The maximum Gasteiger partial charge on any atom is 0.123 e. The number of nitrogens with zero attached hydrogens (tertiary/aromatic N) is 1. The molecule has 1 heterocycles. The molecule has 2 aromatic carbocycles. The summed E-state index contributed by atoms with van der Waals surface area (Å²) in [5.41, 5.74) is 9.38. The lowest BCUT2D eigenvalue weighted by molar-refractivity contribution is 0.334. The molecule has 0 aromatic heterocycles. The summed E-state index contributed by atoms with van der Waals surface area (Å²) in [6, 6.07) is 10.2. The number of hydrogen-bond donors (Lipinski definition) is 2. The molecule has 1 aliphatic carbocycles. The Balaban J connectivity index is 1.67. The summed E-state index contributed by atoms with van der Waals surface area (Å²) in [4.78, 5) is 4.82. The van der Waals surface area contributed by atoms with Crippen LogP contribution in [0.3, 0.4) is 0 Å². The lowest BCUT2D eigenvalue weighted by Gasteiger charge is -2.26. The minimum atomic E-state index is 0.343. The van der Waals surface area contributed by atoms with Crippen molar-refractivity contribution < 1.29 is 5.11 Å². The summed E-state index contributed by atoms with van der Waals surface area (Å²) >= 11 is 0. The molecule has 0 saturated heterocycles. The molecule has 1 aliphatic heterocycles. The van der Waals surface area contributed by atoms with Crippen molar-refractivity contribution >= 4 is 22.2 Å². The zero-order chi connectivity index (χ0) is 14.4. The van der Waals surface area contributed by atoms with Gasteiger partial charge in [-0.3, -0.25) is 4.99 Å². The van der Waals surface area contributed by atoms with Gasteiger partial charge in [0, 0.05) is 28.1 Å². The van der Waals surface area contributed by atoms with Crippen LogP contribution in [-0.2, 0) is 0 Å². The van der Waals surface area contributed by atoms with E-state index in [-0.39, 0.29) is 0 Å². The monoisotopic (exact) mass is 280 g/mol. The van der Waals surface area contributed by atoms with Crippen molar-refractivity contribution in [3.63, 3.8) is 0 Å². The highest BCUT2D eigenvalue weighted by Crippen LogP contribution is 2.41. The summed E-state index contributed by atoms with van der Waals surface area (Å²) in [6.07, 6.45) is 5.71. The first-order valence-electron chi connectivity index (χ1n) is 7.80. The van der Waals surface area contributed by atoms with Gasteiger partial charge in [0.15, 0.2) is 0 Å².